The standard InChI is InChI=1S/C15H26N2O/c1-12(2)17-10-13-9-15(18-11-13)5-3-4-8-16-14-6-7-14/h9,11-12,14,16-17H,3-8,10H2,1-2H3. The lowest BCUT2D eigenvalue weighted by Crippen LogP contribution is -2.21. The second-order valence-corrected chi connectivity index (χ2v) is 5.64. The van der Waals surface area contributed by atoms with Gasteiger partial charge in [-0.25, -0.2) is 0 Å². The van der Waals surface area contributed by atoms with Crippen LogP contribution in [0.25, 0.3) is 0 Å². The van der Waals surface area contributed by atoms with Crippen LogP contribution in [-0.4, -0.2) is 18.6 Å². The van der Waals surface area contributed by atoms with Gasteiger partial charge >= 0.3 is 0 Å². The lowest BCUT2D eigenvalue weighted by Gasteiger charge is -2.04. The SMILES string of the molecule is CC(C)NCc1coc(CCCCNC2CC2)c1. The van der Waals surface area contributed by atoms with Crippen molar-refractivity contribution < 1.29 is 4.42 Å². The van der Waals surface area contributed by atoms with Crippen molar-refractivity contribution in [3.8, 4) is 0 Å². The van der Waals surface area contributed by atoms with Crippen LogP contribution in [0.4, 0.5) is 0 Å². The minimum atomic E-state index is 0.525. The van der Waals surface area contributed by atoms with E-state index in [1.807, 2.05) is 6.26 Å². The zero-order valence-corrected chi connectivity index (χ0v) is 11.7. The van der Waals surface area contributed by atoms with Gasteiger partial charge in [-0.1, -0.05) is 13.8 Å². The summed E-state index contributed by atoms with van der Waals surface area (Å²) in [6.45, 7) is 6.39. The molecule has 1 aliphatic carbocycles. The molecule has 18 heavy (non-hydrogen) atoms. The molecule has 0 atom stereocenters. The van der Waals surface area contributed by atoms with Crippen LogP contribution in [0, 0.1) is 0 Å². The molecule has 2 N–H and O–H groups in total. The molecule has 0 bridgehead atoms. The van der Waals surface area contributed by atoms with Gasteiger partial charge in [0.1, 0.15) is 5.76 Å². The van der Waals surface area contributed by atoms with Gasteiger partial charge in [-0.15, -0.1) is 0 Å². The van der Waals surface area contributed by atoms with Crippen LogP contribution in [0.2, 0.25) is 0 Å². The normalized spacial score (nSPS) is 15.5. The molecule has 0 amide bonds. The van der Waals surface area contributed by atoms with Crippen LogP contribution < -0.4 is 10.6 Å². The molecule has 0 unspecified atom stereocenters. The molecular weight excluding hydrogens is 224 g/mol. The first kappa shape index (κ1) is 13.6. The van der Waals surface area contributed by atoms with Crippen molar-refractivity contribution in [3.63, 3.8) is 0 Å². The highest BCUT2D eigenvalue weighted by Gasteiger charge is 2.19. The first-order valence-electron chi connectivity index (χ1n) is 7.27. The van der Waals surface area contributed by atoms with E-state index in [4.69, 9.17) is 4.42 Å². The second-order valence-electron chi connectivity index (χ2n) is 5.64. The van der Waals surface area contributed by atoms with E-state index in [9.17, 15) is 0 Å². The Morgan fingerprint density at radius 3 is 2.89 bits per heavy atom. The molecule has 0 spiro atoms. The minimum Gasteiger partial charge on any atom is -0.469 e. The highest BCUT2D eigenvalue weighted by molar-refractivity contribution is 5.12. The Bertz CT molecular complexity index is 342. The highest BCUT2D eigenvalue weighted by Crippen LogP contribution is 2.18. The fraction of sp³-hybridized carbons (Fsp3) is 0.733. The first-order chi connectivity index (χ1) is 8.74. The molecule has 3 nitrogen and oxygen atoms in total. The van der Waals surface area contributed by atoms with Crippen LogP contribution in [0.3, 0.4) is 0 Å². The molecule has 1 aromatic heterocycles. The van der Waals surface area contributed by atoms with E-state index < -0.39 is 0 Å². The van der Waals surface area contributed by atoms with E-state index in [1.54, 1.807) is 0 Å². The molecule has 0 aliphatic heterocycles. The summed E-state index contributed by atoms with van der Waals surface area (Å²) in [5.74, 6) is 1.13. The second kappa shape index (κ2) is 6.95. The predicted octanol–water partition coefficient (Wildman–Crippen LogP) is 2.85. The maximum atomic E-state index is 5.58. The van der Waals surface area contributed by atoms with Crippen molar-refractivity contribution in [1.29, 1.82) is 0 Å². The molecule has 0 radical (unpaired) electrons. The molecule has 2 rings (SSSR count). The monoisotopic (exact) mass is 250 g/mol. The number of hydrogen-bond acceptors (Lipinski definition) is 3. The molecule has 3 heteroatoms. The van der Waals surface area contributed by atoms with Crippen LogP contribution in [-0.2, 0) is 13.0 Å². The summed E-state index contributed by atoms with van der Waals surface area (Å²) in [6.07, 6.45) is 8.16. The fourth-order valence-corrected chi connectivity index (χ4v) is 1.99. The summed E-state index contributed by atoms with van der Waals surface area (Å²) >= 11 is 0. The molecule has 1 fully saturated rings. The number of rotatable bonds is 9. The maximum absolute atomic E-state index is 5.58. The maximum Gasteiger partial charge on any atom is 0.104 e. The third-order valence-corrected chi connectivity index (χ3v) is 3.28. The van der Waals surface area contributed by atoms with Gasteiger partial charge in [0.25, 0.3) is 0 Å². The number of aryl methyl sites for hydroxylation is 1. The summed E-state index contributed by atoms with van der Waals surface area (Å²) in [4.78, 5) is 0. The molecule has 0 saturated heterocycles. The fourth-order valence-electron chi connectivity index (χ4n) is 1.99. The van der Waals surface area contributed by atoms with Crippen LogP contribution in [0.15, 0.2) is 16.7 Å². The van der Waals surface area contributed by atoms with Crippen molar-refractivity contribution in [1.82, 2.24) is 10.6 Å². The third kappa shape index (κ3) is 5.23. The van der Waals surface area contributed by atoms with Crippen molar-refractivity contribution in [3.05, 3.63) is 23.7 Å². The summed E-state index contributed by atoms with van der Waals surface area (Å²) < 4.78 is 5.58. The quantitative estimate of drug-likeness (QED) is 0.662. The van der Waals surface area contributed by atoms with E-state index >= 15 is 0 Å². The molecular formula is C15H26N2O. The van der Waals surface area contributed by atoms with Crippen LogP contribution in [0.1, 0.15) is 50.9 Å². The van der Waals surface area contributed by atoms with Crippen LogP contribution in [0.5, 0.6) is 0 Å². The van der Waals surface area contributed by atoms with E-state index in [0.29, 0.717) is 6.04 Å². The Kier molecular flexibility index (Phi) is 5.26. The smallest absolute Gasteiger partial charge is 0.104 e. The van der Waals surface area contributed by atoms with Gasteiger partial charge in [0, 0.05) is 30.6 Å². The number of hydrogen-bond donors (Lipinski definition) is 2. The Morgan fingerprint density at radius 1 is 1.33 bits per heavy atom. The molecule has 1 aromatic rings. The highest BCUT2D eigenvalue weighted by atomic mass is 16.3. The predicted molar refractivity (Wildman–Crippen MR) is 74.6 cm³/mol. The number of furan rings is 1. The average molecular weight is 250 g/mol. The topological polar surface area (TPSA) is 37.2 Å². The van der Waals surface area contributed by atoms with Gasteiger partial charge < -0.3 is 15.1 Å². The summed E-state index contributed by atoms with van der Waals surface area (Å²) in [6, 6.07) is 3.54. The van der Waals surface area contributed by atoms with Crippen LogP contribution >= 0.6 is 0 Å². The molecule has 1 saturated carbocycles. The summed E-state index contributed by atoms with van der Waals surface area (Å²) in [7, 11) is 0. The van der Waals surface area contributed by atoms with Crippen molar-refractivity contribution in [2.45, 2.75) is 64.6 Å². The molecule has 102 valence electrons. The van der Waals surface area contributed by atoms with E-state index in [2.05, 4.69) is 30.5 Å². The van der Waals surface area contributed by atoms with Gasteiger partial charge in [0.05, 0.1) is 6.26 Å². The Hall–Kier alpha value is -0.800. The van der Waals surface area contributed by atoms with Gasteiger partial charge in [-0.2, -0.15) is 0 Å². The summed E-state index contributed by atoms with van der Waals surface area (Å²) in [5.41, 5.74) is 1.26. The van der Waals surface area contributed by atoms with Crippen molar-refractivity contribution in [2.75, 3.05) is 6.54 Å². The minimum absolute atomic E-state index is 0.525. The van der Waals surface area contributed by atoms with Gasteiger partial charge in [0.2, 0.25) is 0 Å². The van der Waals surface area contributed by atoms with E-state index in [-0.39, 0.29) is 0 Å². The Balaban J connectivity index is 1.57. The Labute approximate surface area is 110 Å². The van der Waals surface area contributed by atoms with Gasteiger partial charge in [-0.05, 0) is 38.3 Å². The zero-order valence-electron chi connectivity index (χ0n) is 11.7. The van der Waals surface area contributed by atoms with Crippen molar-refractivity contribution in [2.24, 2.45) is 0 Å². The molecule has 0 aromatic carbocycles. The third-order valence-electron chi connectivity index (χ3n) is 3.28. The largest absolute Gasteiger partial charge is 0.469 e. The Morgan fingerprint density at radius 2 is 2.17 bits per heavy atom. The van der Waals surface area contributed by atoms with E-state index in [0.717, 1.165) is 31.3 Å². The average Bonchev–Trinajstić information content (AvgIpc) is 3.05. The summed E-state index contributed by atoms with van der Waals surface area (Å²) in [5, 5.41) is 6.94. The van der Waals surface area contributed by atoms with Gasteiger partial charge in [0.15, 0.2) is 0 Å². The van der Waals surface area contributed by atoms with Crippen molar-refractivity contribution >= 4 is 0 Å². The number of unbranched alkanes of at least 4 members (excludes halogenated alkanes) is 1. The van der Waals surface area contributed by atoms with E-state index in [1.165, 1.54) is 31.2 Å². The molecule has 1 aliphatic rings. The lowest BCUT2D eigenvalue weighted by atomic mass is 10.2. The lowest BCUT2D eigenvalue weighted by molar-refractivity contribution is 0.490. The first-order valence-corrected chi connectivity index (χ1v) is 7.27. The van der Waals surface area contributed by atoms with Gasteiger partial charge in [-0.3, -0.25) is 0 Å². The zero-order chi connectivity index (χ0) is 12.8. The number of nitrogens with one attached hydrogen (secondary N) is 2. The molecule has 1 heterocycles.